The van der Waals surface area contributed by atoms with Gasteiger partial charge in [-0.3, -0.25) is 4.67 Å². The number of hydrogen-bond acceptors (Lipinski definition) is 1. The van der Waals surface area contributed by atoms with Crippen LogP contribution in [0.3, 0.4) is 0 Å². The first-order valence-electron chi connectivity index (χ1n) is 8.99. The van der Waals surface area contributed by atoms with Gasteiger partial charge in [0.1, 0.15) is 0 Å². The van der Waals surface area contributed by atoms with Gasteiger partial charge in [-0.15, -0.1) is 0 Å². The van der Waals surface area contributed by atoms with E-state index in [1.807, 2.05) is 0 Å². The number of halogens is 1. The monoisotopic (exact) mass is 445 g/mol. The van der Waals surface area contributed by atoms with Gasteiger partial charge in [0, 0.05) is 17.7 Å². The van der Waals surface area contributed by atoms with Crippen molar-refractivity contribution in [1.29, 1.82) is 0 Å². The Morgan fingerprint density at radius 2 is 1.27 bits per heavy atom. The molecule has 0 radical (unpaired) electrons. The summed E-state index contributed by atoms with van der Waals surface area (Å²) in [5.74, 6) is 2.37. The van der Waals surface area contributed by atoms with E-state index in [-0.39, 0.29) is 0 Å². The van der Waals surface area contributed by atoms with Crippen LogP contribution in [-0.2, 0) is 11.8 Å². The summed E-state index contributed by atoms with van der Waals surface area (Å²) < 4.78 is 3.68. The Balaban J connectivity index is 2.26. The van der Waals surface area contributed by atoms with Crippen molar-refractivity contribution in [2.75, 3.05) is 0 Å². The molecule has 2 aromatic rings. The highest BCUT2D eigenvalue weighted by molar-refractivity contribution is 9.13. The van der Waals surface area contributed by atoms with Gasteiger partial charge in [-0.05, 0) is 66.1 Å². The maximum atomic E-state index is 6.37. The van der Waals surface area contributed by atoms with E-state index in [0.717, 1.165) is 0 Å². The van der Waals surface area contributed by atoms with Crippen LogP contribution in [-0.4, -0.2) is 16.8 Å². The third kappa shape index (κ3) is 3.55. The molecule has 0 N–H and O–H groups in total. The summed E-state index contributed by atoms with van der Waals surface area (Å²) in [6.07, 6.45) is -2.03. The van der Waals surface area contributed by atoms with Crippen LogP contribution in [0.4, 0.5) is 0 Å². The van der Waals surface area contributed by atoms with Gasteiger partial charge < -0.3 is 0 Å². The molecule has 0 saturated carbocycles. The maximum absolute atomic E-state index is 6.37. The van der Waals surface area contributed by atoms with E-state index < -0.39 is 6.19 Å². The van der Waals surface area contributed by atoms with E-state index in [4.69, 9.17) is 11.8 Å². The van der Waals surface area contributed by atoms with Gasteiger partial charge in [0.25, 0.3) is 0 Å². The van der Waals surface area contributed by atoms with E-state index in [9.17, 15) is 0 Å². The zero-order chi connectivity index (χ0) is 18.9. The highest BCUT2D eigenvalue weighted by Crippen LogP contribution is 2.71. The molecule has 1 unspecified atom stereocenters. The lowest BCUT2D eigenvalue weighted by atomic mass is 9.95. The molecule has 1 nitrogen and oxygen atoms in total. The lowest BCUT2D eigenvalue weighted by Crippen LogP contribution is -2.33. The molecule has 4 heteroatoms. The molecule has 1 atom stereocenters. The second kappa shape index (κ2) is 7.94. The first-order chi connectivity index (χ1) is 12.4. The SMILES string of the molecule is CC(C)N(C(C)C)P1(=S)C=C(c2ccccc2)C(c2ccccc2)=C1Br. The van der Waals surface area contributed by atoms with E-state index in [1.165, 1.54) is 26.5 Å². The molecule has 0 spiro atoms. The molecule has 1 aliphatic heterocycles. The molecule has 2 aromatic carbocycles. The van der Waals surface area contributed by atoms with Gasteiger partial charge >= 0.3 is 0 Å². The number of benzene rings is 2. The average molecular weight is 446 g/mol. The Bertz CT molecular complexity index is 877. The van der Waals surface area contributed by atoms with Crippen molar-refractivity contribution in [2.45, 2.75) is 39.8 Å². The van der Waals surface area contributed by atoms with Crippen LogP contribution in [0.1, 0.15) is 38.8 Å². The average Bonchev–Trinajstić information content (AvgIpc) is 2.87. The summed E-state index contributed by atoms with van der Waals surface area (Å²) >= 11 is 10.3. The molecule has 0 aliphatic carbocycles. The first-order valence-corrected chi connectivity index (χ1v) is 12.6. The van der Waals surface area contributed by atoms with Gasteiger partial charge in [-0.1, -0.05) is 72.5 Å². The quantitative estimate of drug-likeness (QED) is 0.443. The molecule has 1 heterocycles. The summed E-state index contributed by atoms with van der Waals surface area (Å²) in [5, 5.41) is 0. The Morgan fingerprint density at radius 1 is 0.808 bits per heavy atom. The van der Waals surface area contributed by atoms with Crippen LogP contribution in [0.2, 0.25) is 0 Å². The molecule has 26 heavy (non-hydrogen) atoms. The number of nitrogens with zero attached hydrogens (tertiary/aromatic N) is 1. The van der Waals surface area contributed by atoms with E-state index in [2.05, 4.69) is 115 Å². The van der Waals surface area contributed by atoms with Crippen molar-refractivity contribution >= 4 is 45.1 Å². The first kappa shape index (κ1) is 19.8. The Hall–Kier alpha value is -0.990. The van der Waals surface area contributed by atoms with Crippen LogP contribution < -0.4 is 0 Å². The van der Waals surface area contributed by atoms with Crippen LogP contribution >= 0.6 is 22.1 Å². The molecule has 0 amide bonds. The molecule has 136 valence electrons. The standard InChI is InChI=1S/C22H25BrNPS/c1-16(2)24(17(3)4)25(26)15-20(18-11-7-5-8-12-18)21(22(25)23)19-13-9-6-10-14-19/h5-17H,1-4H3. The van der Waals surface area contributed by atoms with Crippen LogP contribution in [0.5, 0.6) is 0 Å². The molecule has 3 rings (SSSR count). The fourth-order valence-electron chi connectivity index (χ4n) is 3.73. The molecular formula is C22H25BrNPS. The smallest absolute Gasteiger partial charge is 0.0725 e. The summed E-state index contributed by atoms with van der Waals surface area (Å²) in [6, 6.07) is 22.0. The molecular weight excluding hydrogens is 421 g/mol. The predicted molar refractivity (Wildman–Crippen MR) is 123 cm³/mol. The largest absolute Gasteiger partial charge is 0.263 e. The summed E-state index contributed by atoms with van der Waals surface area (Å²) in [5.41, 5.74) is 4.93. The predicted octanol–water partition coefficient (Wildman–Crippen LogP) is 7.32. The summed E-state index contributed by atoms with van der Waals surface area (Å²) in [7, 11) is 0. The van der Waals surface area contributed by atoms with Crippen LogP contribution in [0, 0.1) is 0 Å². The van der Waals surface area contributed by atoms with Crippen molar-refractivity contribution in [1.82, 2.24) is 4.67 Å². The van der Waals surface area contributed by atoms with Crippen molar-refractivity contribution < 1.29 is 0 Å². The minimum atomic E-state index is -2.03. The van der Waals surface area contributed by atoms with Crippen molar-refractivity contribution in [3.05, 3.63) is 81.8 Å². The highest BCUT2D eigenvalue weighted by atomic mass is 79.9. The Kier molecular flexibility index (Phi) is 6.04. The van der Waals surface area contributed by atoms with Gasteiger partial charge in [0.05, 0.1) is 10.4 Å². The lowest BCUT2D eigenvalue weighted by molar-refractivity contribution is 0.326. The van der Waals surface area contributed by atoms with Crippen LogP contribution in [0.25, 0.3) is 11.1 Å². The zero-order valence-corrected chi connectivity index (χ0v) is 19.0. The zero-order valence-electron chi connectivity index (χ0n) is 15.7. The normalized spacial score (nSPS) is 20.4. The third-order valence-corrected chi connectivity index (χ3v) is 11.8. The van der Waals surface area contributed by atoms with Gasteiger partial charge in [0.2, 0.25) is 0 Å². The van der Waals surface area contributed by atoms with Gasteiger partial charge in [-0.25, -0.2) is 0 Å². The minimum absolute atomic E-state index is 0.386. The second-order valence-electron chi connectivity index (χ2n) is 7.13. The molecule has 0 saturated heterocycles. The minimum Gasteiger partial charge on any atom is -0.263 e. The highest BCUT2D eigenvalue weighted by Gasteiger charge is 2.38. The van der Waals surface area contributed by atoms with Gasteiger partial charge in [-0.2, -0.15) is 0 Å². The van der Waals surface area contributed by atoms with Crippen molar-refractivity contribution in [3.8, 4) is 0 Å². The second-order valence-corrected chi connectivity index (χ2v) is 12.6. The van der Waals surface area contributed by atoms with Crippen molar-refractivity contribution in [2.24, 2.45) is 0 Å². The molecule has 0 fully saturated rings. The summed E-state index contributed by atoms with van der Waals surface area (Å²) in [6.45, 7) is 8.96. The van der Waals surface area contributed by atoms with E-state index >= 15 is 0 Å². The molecule has 0 aromatic heterocycles. The number of hydrogen-bond donors (Lipinski definition) is 0. The molecule has 1 aliphatic rings. The van der Waals surface area contributed by atoms with Crippen molar-refractivity contribution in [3.63, 3.8) is 0 Å². The van der Waals surface area contributed by atoms with Crippen LogP contribution in [0.15, 0.2) is 70.7 Å². The topological polar surface area (TPSA) is 3.24 Å². The maximum Gasteiger partial charge on any atom is 0.0725 e. The molecule has 0 bridgehead atoms. The Labute approximate surface area is 171 Å². The van der Waals surface area contributed by atoms with E-state index in [0.29, 0.717) is 12.1 Å². The number of rotatable bonds is 5. The number of allylic oxidation sites excluding steroid dienone is 2. The fourth-order valence-corrected chi connectivity index (χ4v) is 9.77. The fraction of sp³-hybridized carbons (Fsp3) is 0.273. The van der Waals surface area contributed by atoms with E-state index in [1.54, 1.807) is 0 Å². The Morgan fingerprint density at radius 3 is 1.73 bits per heavy atom. The third-order valence-electron chi connectivity index (χ3n) is 4.61. The summed E-state index contributed by atoms with van der Waals surface area (Å²) in [4.78, 5) is 0. The lowest BCUT2D eigenvalue weighted by Gasteiger charge is -2.38. The van der Waals surface area contributed by atoms with Gasteiger partial charge in [0.15, 0.2) is 0 Å².